The van der Waals surface area contributed by atoms with Gasteiger partial charge in [-0.2, -0.15) is 0 Å². The van der Waals surface area contributed by atoms with Gasteiger partial charge in [0.15, 0.2) is 9.84 Å². The van der Waals surface area contributed by atoms with Gasteiger partial charge in [-0.1, -0.05) is 29.3 Å². The molecule has 25 heavy (non-hydrogen) atoms. The van der Waals surface area contributed by atoms with Crippen LogP contribution in [0.4, 0.5) is 0 Å². The minimum atomic E-state index is -3.68. The molecule has 2 aromatic rings. The van der Waals surface area contributed by atoms with Gasteiger partial charge in [-0.15, -0.1) is 11.3 Å². The lowest BCUT2D eigenvalue weighted by molar-refractivity contribution is 0.0385. The largest absolute Gasteiger partial charge is 0.507 e. The molecule has 0 fully saturated rings. The SMILES string of the molecule is COCCOC(=O)c1ccc(CS(=O)(=O)c2cc(Cl)c(Cl)s2)cc1O. The number of methoxy groups -OCH3 is 1. The number of sulfone groups is 1. The zero-order chi connectivity index (χ0) is 18.6. The predicted molar refractivity (Wildman–Crippen MR) is 95.5 cm³/mol. The molecule has 0 spiro atoms. The number of benzene rings is 1. The minimum absolute atomic E-state index is 0.0324. The average Bonchev–Trinajstić information content (AvgIpc) is 2.87. The van der Waals surface area contributed by atoms with E-state index < -0.39 is 15.8 Å². The van der Waals surface area contributed by atoms with Crippen molar-refractivity contribution in [3.63, 3.8) is 0 Å². The molecule has 0 aliphatic carbocycles. The van der Waals surface area contributed by atoms with Gasteiger partial charge < -0.3 is 14.6 Å². The van der Waals surface area contributed by atoms with E-state index >= 15 is 0 Å². The van der Waals surface area contributed by atoms with Crippen molar-refractivity contribution >= 4 is 50.3 Å². The summed E-state index contributed by atoms with van der Waals surface area (Å²) >= 11 is 12.4. The maximum Gasteiger partial charge on any atom is 0.341 e. The molecule has 0 saturated heterocycles. The standard InChI is InChI=1S/C15H14Cl2O6S2/c1-22-4-5-23-15(19)10-3-2-9(6-12(10)18)8-25(20,21)13-7-11(16)14(17)24-13/h2-3,6-7,18H,4-5,8H2,1H3. The van der Waals surface area contributed by atoms with Crippen LogP contribution < -0.4 is 0 Å². The van der Waals surface area contributed by atoms with Gasteiger partial charge in [0.2, 0.25) is 0 Å². The van der Waals surface area contributed by atoms with E-state index in [1.807, 2.05) is 0 Å². The van der Waals surface area contributed by atoms with E-state index in [1.54, 1.807) is 0 Å². The highest BCUT2D eigenvalue weighted by Crippen LogP contribution is 2.35. The van der Waals surface area contributed by atoms with Crippen molar-refractivity contribution in [2.45, 2.75) is 9.96 Å². The summed E-state index contributed by atoms with van der Waals surface area (Å²) in [6.07, 6.45) is 0. The van der Waals surface area contributed by atoms with Crippen molar-refractivity contribution in [3.8, 4) is 5.75 Å². The summed E-state index contributed by atoms with van der Waals surface area (Å²) in [6, 6.07) is 5.23. The van der Waals surface area contributed by atoms with Crippen LogP contribution in [0.1, 0.15) is 15.9 Å². The number of carbonyl (C=O) groups excluding carboxylic acids is 1. The highest BCUT2D eigenvalue weighted by Gasteiger charge is 2.21. The molecule has 0 aliphatic rings. The molecule has 0 radical (unpaired) electrons. The third kappa shape index (κ3) is 5.08. The van der Waals surface area contributed by atoms with Crippen LogP contribution in [0.25, 0.3) is 0 Å². The Balaban J connectivity index is 2.16. The first-order valence-corrected chi connectivity index (χ1v) is 10.1. The molecule has 0 atom stereocenters. The monoisotopic (exact) mass is 424 g/mol. The van der Waals surface area contributed by atoms with Crippen LogP contribution in [0.3, 0.4) is 0 Å². The number of phenols is 1. The first-order chi connectivity index (χ1) is 11.7. The normalized spacial score (nSPS) is 11.5. The summed E-state index contributed by atoms with van der Waals surface area (Å²) in [6.45, 7) is 0.277. The van der Waals surface area contributed by atoms with E-state index in [0.717, 1.165) is 11.3 Å². The maximum absolute atomic E-state index is 12.4. The van der Waals surface area contributed by atoms with Crippen LogP contribution >= 0.6 is 34.5 Å². The summed E-state index contributed by atoms with van der Waals surface area (Å²) in [7, 11) is -2.21. The second-order valence-electron chi connectivity index (χ2n) is 4.93. The van der Waals surface area contributed by atoms with Crippen molar-refractivity contribution in [3.05, 3.63) is 44.8 Å². The van der Waals surface area contributed by atoms with Gasteiger partial charge in [0.1, 0.15) is 26.5 Å². The number of aromatic hydroxyl groups is 1. The number of thiophene rings is 1. The Morgan fingerprint density at radius 3 is 2.52 bits per heavy atom. The van der Waals surface area contributed by atoms with E-state index in [2.05, 4.69) is 0 Å². The molecule has 1 aromatic heterocycles. The predicted octanol–water partition coefficient (Wildman–Crippen LogP) is 3.54. The fraction of sp³-hybridized carbons (Fsp3) is 0.267. The van der Waals surface area contributed by atoms with Crippen LogP contribution in [0.2, 0.25) is 9.36 Å². The van der Waals surface area contributed by atoms with Crippen molar-refractivity contribution in [2.75, 3.05) is 20.3 Å². The molecule has 2 rings (SSSR count). The molecule has 10 heteroatoms. The summed E-state index contributed by atoms with van der Waals surface area (Å²) < 4.78 is 34.6. The van der Waals surface area contributed by atoms with E-state index in [4.69, 9.17) is 32.7 Å². The van der Waals surface area contributed by atoms with Crippen LogP contribution in [0.15, 0.2) is 28.5 Å². The molecule has 0 saturated carbocycles. The fourth-order valence-electron chi connectivity index (χ4n) is 1.91. The molecule has 1 aromatic carbocycles. The molecular formula is C15H14Cl2O6S2. The fourth-order valence-corrected chi connectivity index (χ4v) is 5.20. The van der Waals surface area contributed by atoms with Gasteiger partial charge >= 0.3 is 5.97 Å². The molecule has 0 aliphatic heterocycles. The summed E-state index contributed by atoms with van der Waals surface area (Å²) in [5.74, 6) is -1.45. The Hall–Kier alpha value is -1.32. The second kappa shape index (κ2) is 8.37. The summed E-state index contributed by atoms with van der Waals surface area (Å²) in [5.41, 5.74) is 0.256. The van der Waals surface area contributed by atoms with Crippen LogP contribution in [-0.2, 0) is 25.1 Å². The zero-order valence-corrected chi connectivity index (χ0v) is 16.1. The highest BCUT2D eigenvalue weighted by molar-refractivity contribution is 7.92. The van der Waals surface area contributed by atoms with Gasteiger partial charge in [-0.25, -0.2) is 13.2 Å². The van der Waals surface area contributed by atoms with Crippen molar-refractivity contribution in [1.29, 1.82) is 0 Å². The first-order valence-electron chi connectivity index (χ1n) is 6.90. The zero-order valence-electron chi connectivity index (χ0n) is 13.0. The summed E-state index contributed by atoms with van der Waals surface area (Å²) in [4.78, 5) is 11.8. The lowest BCUT2D eigenvalue weighted by atomic mass is 10.1. The third-order valence-electron chi connectivity index (χ3n) is 3.09. The number of rotatable bonds is 7. The van der Waals surface area contributed by atoms with Crippen LogP contribution in [-0.4, -0.2) is 39.8 Å². The maximum atomic E-state index is 12.4. The number of ether oxygens (including phenoxy) is 2. The molecule has 0 unspecified atom stereocenters. The number of carbonyl (C=O) groups is 1. The minimum Gasteiger partial charge on any atom is -0.507 e. The quantitative estimate of drug-likeness (QED) is 0.539. The van der Waals surface area contributed by atoms with Crippen molar-refractivity contribution < 1.29 is 27.8 Å². The number of phenolic OH excluding ortho intramolecular Hbond substituents is 1. The molecule has 6 nitrogen and oxygen atoms in total. The molecule has 1 N–H and O–H groups in total. The smallest absolute Gasteiger partial charge is 0.341 e. The third-order valence-corrected chi connectivity index (χ3v) is 7.20. The topological polar surface area (TPSA) is 89.9 Å². The van der Waals surface area contributed by atoms with E-state index in [0.29, 0.717) is 5.56 Å². The Kier molecular flexibility index (Phi) is 6.70. The Bertz CT molecular complexity index is 857. The van der Waals surface area contributed by atoms with Gasteiger partial charge in [0.25, 0.3) is 0 Å². The number of halogens is 2. The van der Waals surface area contributed by atoms with Gasteiger partial charge in [0, 0.05) is 7.11 Å². The first kappa shape index (κ1) is 20.0. The Morgan fingerprint density at radius 2 is 1.96 bits per heavy atom. The number of hydrogen-bond acceptors (Lipinski definition) is 7. The lowest BCUT2D eigenvalue weighted by Gasteiger charge is -2.08. The van der Waals surface area contributed by atoms with E-state index in [9.17, 15) is 18.3 Å². The average molecular weight is 425 g/mol. The number of hydrogen-bond donors (Lipinski definition) is 1. The number of esters is 1. The molecular weight excluding hydrogens is 411 g/mol. The molecule has 0 amide bonds. The molecule has 0 bridgehead atoms. The Labute approximate surface area is 158 Å². The molecule has 1 heterocycles. The van der Waals surface area contributed by atoms with Crippen LogP contribution in [0.5, 0.6) is 5.75 Å². The van der Waals surface area contributed by atoms with Crippen molar-refractivity contribution in [1.82, 2.24) is 0 Å². The second-order valence-corrected chi connectivity index (χ2v) is 9.20. The Morgan fingerprint density at radius 1 is 1.24 bits per heavy atom. The van der Waals surface area contributed by atoms with E-state index in [1.165, 1.54) is 31.4 Å². The van der Waals surface area contributed by atoms with Crippen molar-refractivity contribution in [2.24, 2.45) is 0 Å². The lowest BCUT2D eigenvalue weighted by Crippen LogP contribution is -2.10. The highest BCUT2D eigenvalue weighted by atomic mass is 35.5. The summed E-state index contributed by atoms with van der Waals surface area (Å²) in [5, 5.41) is 10.1. The van der Waals surface area contributed by atoms with Crippen LogP contribution in [0, 0.1) is 0 Å². The molecule has 136 valence electrons. The van der Waals surface area contributed by atoms with Gasteiger partial charge in [-0.3, -0.25) is 0 Å². The van der Waals surface area contributed by atoms with Gasteiger partial charge in [0.05, 0.1) is 17.4 Å². The van der Waals surface area contributed by atoms with Gasteiger partial charge in [-0.05, 0) is 23.8 Å². The van der Waals surface area contributed by atoms with E-state index in [-0.39, 0.29) is 43.8 Å².